The number of carbonyl (C=O) groups is 2. The largest absolute Gasteiger partial charge is 0.479 e. The van der Waals surface area contributed by atoms with Gasteiger partial charge in [-0.15, -0.1) is 0 Å². The van der Waals surface area contributed by atoms with Gasteiger partial charge in [-0.25, -0.2) is 4.79 Å². The fraction of sp³-hybridized carbons (Fsp3) is 0.348. The van der Waals surface area contributed by atoms with Crippen molar-refractivity contribution in [2.45, 2.75) is 38.1 Å². The number of carboxylic acids is 1. The van der Waals surface area contributed by atoms with Crippen LogP contribution in [0.4, 0.5) is 11.4 Å². The smallest absolute Gasteiger partial charge is 0.331 e. The maximum absolute atomic E-state index is 12.8. The van der Waals surface area contributed by atoms with Crippen molar-refractivity contribution >= 4 is 23.1 Å². The molecule has 29 heavy (non-hydrogen) atoms. The van der Waals surface area contributed by atoms with Crippen LogP contribution in [0, 0.1) is 17.2 Å². The van der Waals surface area contributed by atoms with Crippen LogP contribution in [0.2, 0.25) is 0 Å². The maximum Gasteiger partial charge on any atom is 0.331 e. The monoisotopic (exact) mass is 391 g/mol. The molecule has 1 aliphatic carbocycles. The number of nitrogens with two attached hydrogens (primary N) is 1. The number of carbonyl (C=O) groups excluding carboxylic acids is 1. The summed E-state index contributed by atoms with van der Waals surface area (Å²) in [6, 6.07) is 12.6. The Labute approximate surface area is 170 Å². The first-order valence-corrected chi connectivity index (χ1v) is 9.82. The Morgan fingerprint density at radius 3 is 2.34 bits per heavy atom. The second-order valence-electron chi connectivity index (χ2n) is 7.56. The van der Waals surface area contributed by atoms with E-state index in [1.807, 2.05) is 6.07 Å². The van der Waals surface area contributed by atoms with Crippen LogP contribution in [-0.2, 0) is 4.79 Å². The molecule has 1 atom stereocenters. The highest BCUT2D eigenvalue weighted by atomic mass is 16.4. The lowest BCUT2D eigenvalue weighted by Crippen LogP contribution is -2.31. The SMILES string of the molecule is CN(c1ccc(C(=O)C2CCCCC2)cc1N)C(C(=O)O)c1ccc(C#N)cc1. The molecule has 6 heteroatoms. The zero-order valence-corrected chi connectivity index (χ0v) is 16.5. The molecule has 1 fully saturated rings. The molecule has 0 saturated heterocycles. The van der Waals surface area contributed by atoms with Gasteiger partial charge in [0.25, 0.3) is 0 Å². The van der Waals surface area contributed by atoms with Gasteiger partial charge in [-0.3, -0.25) is 4.79 Å². The number of rotatable bonds is 6. The minimum atomic E-state index is -1.03. The highest BCUT2D eigenvalue weighted by Gasteiger charge is 2.27. The Hall–Kier alpha value is -3.33. The van der Waals surface area contributed by atoms with E-state index in [4.69, 9.17) is 11.0 Å². The number of hydrogen-bond donors (Lipinski definition) is 2. The summed E-state index contributed by atoms with van der Waals surface area (Å²) in [5.41, 5.74) is 8.72. The summed E-state index contributed by atoms with van der Waals surface area (Å²) in [4.78, 5) is 26.3. The third-order valence-electron chi connectivity index (χ3n) is 5.64. The van der Waals surface area contributed by atoms with E-state index in [0.717, 1.165) is 25.7 Å². The number of anilines is 2. The van der Waals surface area contributed by atoms with Crippen LogP contribution in [0.3, 0.4) is 0 Å². The Balaban J connectivity index is 1.86. The van der Waals surface area contributed by atoms with E-state index in [2.05, 4.69) is 0 Å². The van der Waals surface area contributed by atoms with Gasteiger partial charge in [-0.05, 0) is 48.7 Å². The zero-order chi connectivity index (χ0) is 21.0. The number of nitrogens with zero attached hydrogens (tertiary/aromatic N) is 2. The quantitative estimate of drug-likeness (QED) is 0.565. The molecular weight excluding hydrogens is 366 g/mol. The molecule has 1 aliphatic rings. The van der Waals surface area contributed by atoms with Crippen molar-refractivity contribution in [3.8, 4) is 6.07 Å². The fourth-order valence-electron chi connectivity index (χ4n) is 4.04. The summed E-state index contributed by atoms with van der Waals surface area (Å²) in [5.74, 6) is -0.858. The first kappa shape index (κ1) is 20.4. The average molecular weight is 391 g/mol. The maximum atomic E-state index is 12.8. The molecule has 1 saturated carbocycles. The predicted molar refractivity (Wildman–Crippen MR) is 112 cm³/mol. The van der Waals surface area contributed by atoms with Crippen LogP contribution in [0.1, 0.15) is 59.6 Å². The van der Waals surface area contributed by atoms with Crippen molar-refractivity contribution < 1.29 is 14.7 Å². The molecule has 0 amide bonds. The van der Waals surface area contributed by atoms with Crippen LogP contribution in [-0.4, -0.2) is 23.9 Å². The first-order valence-electron chi connectivity index (χ1n) is 9.82. The van der Waals surface area contributed by atoms with Gasteiger partial charge in [-0.1, -0.05) is 31.4 Å². The number of nitrogen functional groups attached to an aromatic ring is 1. The highest BCUT2D eigenvalue weighted by Crippen LogP contribution is 2.33. The molecule has 2 aromatic rings. The predicted octanol–water partition coefficient (Wildman–Crippen LogP) is 4.17. The summed E-state index contributed by atoms with van der Waals surface area (Å²) in [6.45, 7) is 0. The normalized spacial score (nSPS) is 15.3. The molecule has 0 radical (unpaired) electrons. The van der Waals surface area contributed by atoms with Crippen molar-refractivity contribution in [2.24, 2.45) is 5.92 Å². The molecule has 0 bridgehead atoms. The molecule has 150 valence electrons. The number of Topliss-reactive ketones (excluding diaryl/α,β-unsaturated/α-hetero) is 1. The number of aliphatic carboxylic acids is 1. The van der Waals surface area contributed by atoms with Gasteiger partial charge < -0.3 is 15.7 Å². The van der Waals surface area contributed by atoms with E-state index in [9.17, 15) is 14.7 Å². The van der Waals surface area contributed by atoms with Gasteiger partial charge >= 0.3 is 5.97 Å². The van der Waals surface area contributed by atoms with Crippen LogP contribution in [0.25, 0.3) is 0 Å². The van der Waals surface area contributed by atoms with Gasteiger partial charge in [0.1, 0.15) is 0 Å². The molecule has 0 heterocycles. The molecule has 3 rings (SSSR count). The average Bonchev–Trinajstić information content (AvgIpc) is 2.74. The molecule has 1 unspecified atom stereocenters. The van der Waals surface area contributed by atoms with Gasteiger partial charge in [0.05, 0.1) is 23.0 Å². The topological polar surface area (TPSA) is 107 Å². The second-order valence-corrected chi connectivity index (χ2v) is 7.56. The van der Waals surface area contributed by atoms with Crippen molar-refractivity contribution in [1.82, 2.24) is 0 Å². The molecule has 0 aromatic heterocycles. The molecule has 2 aromatic carbocycles. The van der Waals surface area contributed by atoms with Crippen LogP contribution < -0.4 is 10.6 Å². The lowest BCUT2D eigenvalue weighted by atomic mass is 9.84. The Morgan fingerprint density at radius 1 is 1.14 bits per heavy atom. The zero-order valence-electron chi connectivity index (χ0n) is 16.5. The fourth-order valence-corrected chi connectivity index (χ4v) is 4.04. The van der Waals surface area contributed by atoms with Gasteiger partial charge in [0, 0.05) is 18.5 Å². The van der Waals surface area contributed by atoms with Crippen molar-refractivity contribution in [1.29, 1.82) is 5.26 Å². The summed E-state index contributed by atoms with van der Waals surface area (Å²) in [6.07, 6.45) is 5.18. The summed E-state index contributed by atoms with van der Waals surface area (Å²) in [5, 5.41) is 18.7. The number of hydrogen-bond acceptors (Lipinski definition) is 5. The summed E-state index contributed by atoms with van der Waals surface area (Å²) < 4.78 is 0. The lowest BCUT2D eigenvalue weighted by molar-refractivity contribution is -0.138. The third-order valence-corrected chi connectivity index (χ3v) is 5.64. The van der Waals surface area contributed by atoms with E-state index in [0.29, 0.717) is 28.1 Å². The highest BCUT2D eigenvalue weighted by molar-refractivity contribution is 5.99. The summed E-state index contributed by atoms with van der Waals surface area (Å²) >= 11 is 0. The van der Waals surface area contributed by atoms with Crippen molar-refractivity contribution in [2.75, 3.05) is 17.7 Å². The van der Waals surface area contributed by atoms with Crippen LogP contribution in [0.5, 0.6) is 0 Å². The van der Waals surface area contributed by atoms with Crippen LogP contribution in [0.15, 0.2) is 42.5 Å². The van der Waals surface area contributed by atoms with E-state index >= 15 is 0 Å². The molecular formula is C23H25N3O3. The second kappa shape index (κ2) is 8.78. The molecule has 0 aliphatic heterocycles. The standard InChI is InChI=1S/C23H25N3O3/c1-26(21(23(28)29)16-9-7-15(14-24)8-10-16)20-12-11-18(13-19(20)25)22(27)17-5-3-2-4-6-17/h7-13,17,21H,2-6,25H2,1H3,(H,28,29). The Bertz CT molecular complexity index is 941. The Morgan fingerprint density at radius 2 is 1.79 bits per heavy atom. The van der Waals surface area contributed by atoms with E-state index < -0.39 is 12.0 Å². The number of nitriles is 1. The number of carboxylic acid groups (broad SMARTS) is 1. The van der Waals surface area contributed by atoms with Gasteiger partial charge in [-0.2, -0.15) is 5.26 Å². The Kier molecular flexibility index (Phi) is 6.18. The molecule has 3 N–H and O–H groups in total. The van der Waals surface area contributed by atoms with Crippen LogP contribution >= 0.6 is 0 Å². The van der Waals surface area contributed by atoms with Crippen molar-refractivity contribution in [3.05, 3.63) is 59.2 Å². The molecule has 6 nitrogen and oxygen atoms in total. The first-order chi connectivity index (χ1) is 13.9. The third kappa shape index (κ3) is 4.40. The van der Waals surface area contributed by atoms with E-state index in [-0.39, 0.29) is 11.7 Å². The molecule has 0 spiro atoms. The number of ketones is 1. The van der Waals surface area contributed by atoms with Gasteiger partial charge in [0.2, 0.25) is 0 Å². The lowest BCUT2D eigenvalue weighted by Gasteiger charge is -2.28. The van der Waals surface area contributed by atoms with E-state index in [1.54, 1.807) is 54.4 Å². The van der Waals surface area contributed by atoms with Crippen molar-refractivity contribution in [3.63, 3.8) is 0 Å². The van der Waals surface area contributed by atoms with E-state index in [1.165, 1.54) is 6.42 Å². The number of likely N-dealkylation sites (N-methyl/N-ethyl adjacent to an activating group) is 1. The van der Waals surface area contributed by atoms with Gasteiger partial charge in [0.15, 0.2) is 11.8 Å². The number of benzene rings is 2. The minimum Gasteiger partial charge on any atom is -0.479 e. The minimum absolute atomic E-state index is 0.0529. The summed E-state index contributed by atoms with van der Waals surface area (Å²) in [7, 11) is 1.66.